The third kappa shape index (κ3) is 20.9. The number of imidazole rings is 1. The molecule has 0 aliphatic carbocycles. The molecule has 0 saturated heterocycles. The Morgan fingerprint density at radius 3 is 2.11 bits per heavy atom. The molecule has 0 aliphatic rings. The lowest BCUT2D eigenvalue weighted by molar-refractivity contribution is -0.134. The van der Waals surface area contributed by atoms with Gasteiger partial charge in [-0.15, -0.1) is 0 Å². The number of aliphatic carboxylic acids is 1. The molecule has 1 aromatic heterocycles. The molecule has 1 heterocycles. The van der Waals surface area contributed by atoms with Gasteiger partial charge in [-0.2, -0.15) is 15.2 Å². The lowest BCUT2D eigenvalue weighted by atomic mass is 10.3. The van der Waals surface area contributed by atoms with Gasteiger partial charge in [0.2, 0.25) is 5.91 Å². The summed E-state index contributed by atoms with van der Waals surface area (Å²) in [5.74, 6) is -1.33. The Morgan fingerprint density at radius 2 is 1.78 bits per heavy atom. The van der Waals surface area contributed by atoms with Crippen molar-refractivity contribution in [2.75, 3.05) is 33.6 Å². The molecular weight excluding hydrogens is 484 g/mol. The molecule has 19 nitrogen and oxygen atoms in total. The highest BCUT2D eigenvalue weighted by atomic mass is 16.5. The summed E-state index contributed by atoms with van der Waals surface area (Å²) in [6.07, 6.45) is 2.27. The third-order valence-electron chi connectivity index (χ3n) is 2.69. The Hall–Kier alpha value is -4.96. The number of nitrogens with one attached hydrogen (secondary N) is 4. The average molecular weight is 519 g/mol. The van der Waals surface area contributed by atoms with Gasteiger partial charge in [0.05, 0.1) is 6.07 Å². The molecule has 6 amide bonds. The number of carbonyl (C=O) groups is 5. The summed E-state index contributed by atoms with van der Waals surface area (Å²) in [5.41, 5.74) is 20.0. The largest absolute Gasteiger partial charge is 0.481 e. The van der Waals surface area contributed by atoms with E-state index in [-0.39, 0.29) is 31.9 Å². The van der Waals surface area contributed by atoms with Gasteiger partial charge in [-0.3, -0.25) is 20.6 Å². The second-order valence-electron chi connectivity index (χ2n) is 5.24. The number of hydrogen-bond acceptors (Lipinski definition) is 11. The van der Waals surface area contributed by atoms with Crippen molar-refractivity contribution in [3.05, 3.63) is 6.33 Å². The first-order chi connectivity index (χ1) is 16.3. The van der Waals surface area contributed by atoms with Gasteiger partial charge in [0.25, 0.3) is 11.8 Å². The standard InChI is InChI=1S/C6H11N5O2.C5H10N4O2.C3H5N3O.C2H4O2.CH4/c1-9-6(12)11-3-10-5(4(11)8)13-2-7;1-6-4(10)8-3-9-5(11)7-2;4-1-2(5)3(6)7;1-2(3)4;/h3H,2,7-8H2,1H3,(H,9,12);3H,1-2H3,(H3,6,7,8,9,10,11);2H,5H2,(H2,6,7);1H3,(H,3,4);1H4. The van der Waals surface area contributed by atoms with E-state index in [2.05, 4.69) is 37.0 Å². The van der Waals surface area contributed by atoms with Crippen LogP contribution >= 0.6 is 0 Å². The number of anilines is 1. The van der Waals surface area contributed by atoms with Crippen molar-refractivity contribution in [2.45, 2.75) is 20.4 Å². The Kier molecular flexibility index (Phi) is 24.7. The normalized spacial score (nSPS) is 9.36. The van der Waals surface area contributed by atoms with Crippen LogP contribution in [0.25, 0.3) is 0 Å². The van der Waals surface area contributed by atoms with Crippen LogP contribution in [0.3, 0.4) is 0 Å². The van der Waals surface area contributed by atoms with Crippen LogP contribution in [-0.4, -0.2) is 84.9 Å². The Morgan fingerprint density at radius 1 is 1.25 bits per heavy atom. The van der Waals surface area contributed by atoms with Gasteiger partial charge in [0.1, 0.15) is 19.4 Å². The highest BCUT2D eigenvalue weighted by molar-refractivity contribution is 5.91. The lowest BCUT2D eigenvalue weighted by Gasteiger charge is -2.02. The first-order valence-electron chi connectivity index (χ1n) is 9.06. The van der Waals surface area contributed by atoms with Crippen molar-refractivity contribution in [1.82, 2.24) is 30.8 Å². The summed E-state index contributed by atoms with van der Waals surface area (Å²) in [6, 6.07) is -0.995. The van der Waals surface area contributed by atoms with Crippen LogP contribution in [0.15, 0.2) is 11.3 Å². The summed E-state index contributed by atoms with van der Waals surface area (Å²) in [5, 5.41) is 24.4. The third-order valence-corrected chi connectivity index (χ3v) is 2.69. The number of primary amides is 1. The Bertz CT molecular complexity index is 891. The monoisotopic (exact) mass is 518 g/mol. The van der Waals surface area contributed by atoms with Crippen LogP contribution in [0, 0.1) is 11.3 Å². The highest BCUT2D eigenvalue weighted by Gasteiger charge is 2.12. The van der Waals surface area contributed by atoms with E-state index in [0.29, 0.717) is 0 Å². The minimum atomic E-state index is -1.15. The van der Waals surface area contributed by atoms with Crippen molar-refractivity contribution in [1.29, 1.82) is 5.26 Å². The predicted octanol–water partition coefficient (Wildman–Crippen LogP) is -2.72. The summed E-state index contributed by atoms with van der Waals surface area (Å²) < 4.78 is 5.98. The number of carboxylic acid groups (broad SMARTS) is 1. The number of rotatable bonds is 4. The maximum absolute atomic E-state index is 11.1. The number of carbonyl (C=O) groups excluding carboxylic acids is 4. The van der Waals surface area contributed by atoms with E-state index in [1.165, 1.54) is 33.5 Å². The van der Waals surface area contributed by atoms with Gasteiger partial charge in [-0.05, 0) is 0 Å². The van der Waals surface area contributed by atoms with E-state index < -0.39 is 30.0 Å². The number of nitrogen functional groups attached to an aromatic ring is 1. The summed E-state index contributed by atoms with van der Waals surface area (Å²) >= 11 is 0. The van der Waals surface area contributed by atoms with Crippen LogP contribution in [0.5, 0.6) is 5.88 Å². The van der Waals surface area contributed by atoms with Crippen molar-refractivity contribution >= 4 is 42.1 Å². The van der Waals surface area contributed by atoms with Gasteiger partial charge in [-0.1, -0.05) is 7.43 Å². The molecule has 1 unspecified atom stereocenters. The van der Waals surface area contributed by atoms with E-state index in [1.54, 1.807) is 0 Å². The van der Waals surface area contributed by atoms with Crippen LogP contribution in [-0.2, 0) is 9.59 Å². The molecule has 0 bridgehead atoms. The van der Waals surface area contributed by atoms with Crippen LogP contribution in [0.1, 0.15) is 14.4 Å². The molecule has 0 aromatic carbocycles. The zero-order valence-electron chi connectivity index (χ0n) is 19.4. The molecule has 1 atom stereocenters. The fourth-order valence-corrected chi connectivity index (χ4v) is 1.16. The number of hydrogen-bond donors (Lipinski definition) is 9. The molecule has 36 heavy (non-hydrogen) atoms. The van der Waals surface area contributed by atoms with Crippen LogP contribution < -0.4 is 48.9 Å². The maximum Gasteiger partial charge on any atom is 0.342 e. The molecule has 0 fully saturated rings. The van der Waals surface area contributed by atoms with Crippen molar-refractivity contribution in [2.24, 2.45) is 22.2 Å². The minimum Gasteiger partial charge on any atom is -0.481 e. The number of amides is 6. The zero-order chi connectivity index (χ0) is 28.0. The van der Waals surface area contributed by atoms with Crippen molar-refractivity contribution < 1.29 is 33.8 Å². The molecule has 204 valence electrons. The van der Waals surface area contributed by atoms with E-state index in [0.717, 1.165) is 17.8 Å². The van der Waals surface area contributed by atoms with E-state index >= 15 is 0 Å². The summed E-state index contributed by atoms with van der Waals surface area (Å²) in [7, 11) is 4.40. The Labute approximate surface area is 207 Å². The van der Waals surface area contributed by atoms with Gasteiger partial charge in [0.15, 0.2) is 11.9 Å². The number of nitrogens with two attached hydrogens (primary N) is 4. The lowest BCUT2D eigenvalue weighted by Crippen LogP contribution is -2.34. The number of nitriles is 1. The number of aliphatic imine (C=N–C) groups is 1. The number of nitrogens with zero attached hydrogens (tertiary/aromatic N) is 4. The van der Waals surface area contributed by atoms with Crippen molar-refractivity contribution in [3.63, 3.8) is 0 Å². The molecular formula is C17H34N12O7. The van der Waals surface area contributed by atoms with Gasteiger partial charge < -0.3 is 43.0 Å². The second kappa shape index (κ2) is 23.2. The van der Waals surface area contributed by atoms with E-state index in [4.69, 9.17) is 37.1 Å². The van der Waals surface area contributed by atoms with Crippen molar-refractivity contribution in [3.8, 4) is 11.9 Å². The molecule has 19 heteroatoms. The van der Waals surface area contributed by atoms with Gasteiger partial charge in [0, 0.05) is 28.1 Å². The topological polar surface area (TPSA) is 321 Å². The van der Waals surface area contributed by atoms with E-state index in [9.17, 15) is 19.2 Å². The number of ether oxygens (including phenoxy) is 1. The summed E-state index contributed by atoms with van der Waals surface area (Å²) in [6.45, 7) is 1.05. The number of aromatic nitrogens is 2. The fraction of sp³-hybridized carbons (Fsp3) is 0.412. The fourth-order valence-electron chi connectivity index (χ4n) is 1.16. The molecule has 0 spiro atoms. The minimum absolute atomic E-state index is 0. The molecule has 1 rings (SSSR count). The molecule has 0 radical (unpaired) electrons. The smallest absolute Gasteiger partial charge is 0.342 e. The molecule has 0 aliphatic heterocycles. The van der Waals surface area contributed by atoms with Gasteiger partial charge >= 0.3 is 18.1 Å². The van der Waals surface area contributed by atoms with Crippen LogP contribution in [0.2, 0.25) is 0 Å². The number of carboxylic acids is 1. The maximum atomic E-state index is 11.1. The zero-order valence-corrected chi connectivity index (χ0v) is 19.4. The highest BCUT2D eigenvalue weighted by Crippen LogP contribution is 2.17. The predicted molar refractivity (Wildman–Crippen MR) is 130 cm³/mol. The average Bonchev–Trinajstić information content (AvgIpc) is 3.18. The second-order valence-corrected chi connectivity index (χ2v) is 5.24. The summed E-state index contributed by atoms with van der Waals surface area (Å²) in [4.78, 5) is 57.8. The molecule has 1 aromatic rings. The quantitative estimate of drug-likeness (QED) is 0.111. The van der Waals surface area contributed by atoms with Crippen LogP contribution in [0.4, 0.5) is 20.2 Å². The Balaban J connectivity index is -0.000000203. The SMILES string of the molecule is C.CC(=O)O.CNC(=O)N=CNC(=O)NC.CNC(=O)n1cnc(OCN)c1N.N#CC(N)C(N)=O. The van der Waals surface area contributed by atoms with Gasteiger partial charge in [-0.25, -0.2) is 19.0 Å². The first kappa shape index (κ1) is 38.3. The molecule has 13 N–H and O–H groups in total. The van der Waals surface area contributed by atoms with E-state index in [1.807, 2.05) is 0 Å². The first-order valence-corrected chi connectivity index (χ1v) is 9.06. The molecule has 0 saturated carbocycles. The number of urea groups is 2.